The Labute approximate surface area is 212 Å². The predicted molar refractivity (Wildman–Crippen MR) is 149 cm³/mol. The van der Waals surface area contributed by atoms with E-state index in [-0.39, 0.29) is 5.75 Å². The molecule has 0 spiro atoms. The summed E-state index contributed by atoms with van der Waals surface area (Å²) in [6, 6.07) is 4.76. The van der Waals surface area contributed by atoms with Crippen LogP contribution in [0.3, 0.4) is 0 Å². The van der Waals surface area contributed by atoms with Gasteiger partial charge in [-0.15, -0.1) is 0 Å². The minimum atomic E-state index is -2.43. The summed E-state index contributed by atoms with van der Waals surface area (Å²) in [7, 11) is -2.43. The van der Waals surface area contributed by atoms with Crippen LogP contribution in [0.4, 0.5) is 4.39 Å². The van der Waals surface area contributed by atoms with Gasteiger partial charge in [0, 0.05) is 49.3 Å². The maximum absolute atomic E-state index is 14.2. The fourth-order valence-electron chi connectivity index (χ4n) is 3.65. The number of piperazine rings is 1. The van der Waals surface area contributed by atoms with Gasteiger partial charge in [0.1, 0.15) is 11.7 Å². The van der Waals surface area contributed by atoms with Gasteiger partial charge in [0.25, 0.3) is 0 Å². The first kappa shape index (κ1) is 31.1. The summed E-state index contributed by atoms with van der Waals surface area (Å²) in [5.74, 6) is 5.70. The van der Waals surface area contributed by atoms with E-state index in [1.54, 1.807) is 6.07 Å². The molecule has 2 aliphatic heterocycles. The number of hydrogen-bond donors (Lipinski definition) is 1. The van der Waals surface area contributed by atoms with Gasteiger partial charge in [-0.1, -0.05) is 34.6 Å². The summed E-state index contributed by atoms with van der Waals surface area (Å²) in [6.45, 7) is 18.0. The van der Waals surface area contributed by atoms with Crippen LogP contribution < -0.4 is 10.5 Å². The molecule has 0 radical (unpaired) electrons. The largest absolute Gasteiger partial charge is 0.490 e. The molecule has 2 heterocycles. The number of halogens is 1. The molecular formula is C26H46FN5O2S. The number of nitrogens with two attached hydrogens (primary N) is 1. The normalized spacial score (nSPS) is 18.4. The molecule has 0 amide bonds. The highest BCUT2D eigenvalue weighted by Crippen LogP contribution is 2.22. The van der Waals surface area contributed by atoms with Gasteiger partial charge in [-0.05, 0) is 53.5 Å². The van der Waals surface area contributed by atoms with Gasteiger partial charge < -0.3 is 15.4 Å². The first-order valence-electron chi connectivity index (χ1n) is 12.6. The molecule has 9 heteroatoms. The summed E-state index contributed by atoms with van der Waals surface area (Å²) in [5, 5.41) is 0. The Hall–Kier alpha value is -1.97. The van der Waals surface area contributed by atoms with Crippen LogP contribution in [-0.4, -0.2) is 89.7 Å². The maximum atomic E-state index is 14.2. The number of amidine groups is 2. The van der Waals surface area contributed by atoms with E-state index in [1.165, 1.54) is 18.4 Å². The third kappa shape index (κ3) is 9.89. The molecule has 1 aromatic carbocycles. The van der Waals surface area contributed by atoms with Crippen molar-refractivity contribution in [2.24, 2.45) is 21.6 Å². The van der Waals surface area contributed by atoms with E-state index in [2.05, 4.69) is 41.4 Å². The third-order valence-electron chi connectivity index (χ3n) is 5.64. The zero-order valence-corrected chi connectivity index (χ0v) is 23.5. The zero-order chi connectivity index (χ0) is 26.6. The van der Waals surface area contributed by atoms with Crippen LogP contribution in [0, 0.1) is 11.7 Å². The molecule has 0 aromatic heterocycles. The van der Waals surface area contributed by atoms with Crippen molar-refractivity contribution in [3.8, 4) is 5.75 Å². The second kappa shape index (κ2) is 15.2. The monoisotopic (exact) mass is 511 g/mol. The number of hydrogen-bond acceptors (Lipinski definition) is 7. The van der Waals surface area contributed by atoms with Crippen LogP contribution >= 0.6 is 0 Å². The Bertz CT molecular complexity index is 939. The molecule has 0 aliphatic carbocycles. The average molecular weight is 512 g/mol. The van der Waals surface area contributed by atoms with Crippen LogP contribution in [0.5, 0.6) is 5.75 Å². The fraction of sp³-hybridized carbons (Fsp3) is 0.654. The summed E-state index contributed by atoms with van der Waals surface area (Å²) < 4.78 is 31.8. The molecule has 200 valence electrons. The molecule has 1 aromatic rings. The first-order valence-corrected chi connectivity index (χ1v) is 14.8. The number of ether oxygens (including phenoxy) is 1. The topological polar surface area (TPSA) is 83.5 Å². The Morgan fingerprint density at radius 3 is 2.29 bits per heavy atom. The Kier molecular flexibility index (Phi) is 13.5. The van der Waals surface area contributed by atoms with Crippen molar-refractivity contribution in [2.45, 2.75) is 58.9 Å². The van der Waals surface area contributed by atoms with Crippen molar-refractivity contribution in [3.63, 3.8) is 0 Å². The van der Waals surface area contributed by atoms with Crippen LogP contribution in [0.15, 0.2) is 33.1 Å². The molecule has 1 fully saturated rings. The van der Waals surface area contributed by atoms with Crippen molar-refractivity contribution < 1.29 is 13.3 Å². The maximum Gasteiger partial charge on any atom is 0.166 e. The molecule has 0 bridgehead atoms. The smallest absolute Gasteiger partial charge is 0.166 e. The highest BCUT2D eigenvalue weighted by molar-refractivity contribution is 7.99. The van der Waals surface area contributed by atoms with Gasteiger partial charge in [0.05, 0.1) is 13.2 Å². The second-order valence-corrected chi connectivity index (χ2v) is 11.4. The van der Waals surface area contributed by atoms with Gasteiger partial charge >= 0.3 is 0 Å². The molecule has 2 atom stereocenters. The number of benzene rings is 1. The summed E-state index contributed by atoms with van der Waals surface area (Å²) in [6.07, 6.45) is 2.31. The Morgan fingerprint density at radius 1 is 1.20 bits per heavy atom. The van der Waals surface area contributed by atoms with Gasteiger partial charge in [0.2, 0.25) is 0 Å². The molecular weight excluding hydrogens is 465 g/mol. The lowest BCUT2D eigenvalue weighted by atomic mass is 10.1. The van der Waals surface area contributed by atoms with Crippen LogP contribution in [-0.2, 0) is 9.52 Å². The summed E-state index contributed by atoms with van der Waals surface area (Å²) >= 11 is 0. The Morgan fingerprint density at radius 2 is 1.80 bits per heavy atom. The van der Waals surface area contributed by atoms with Gasteiger partial charge in [-0.3, -0.25) is 14.1 Å². The summed E-state index contributed by atoms with van der Waals surface area (Å²) in [4.78, 5) is 14.4. The quantitative estimate of drug-likeness (QED) is 0.564. The molecule has 2 aliphatic rings. The highest BCUT2D eigenvalue weighted by Gasteiger charge is 2.25. The molecule has 35 heavy (non-hydrogen) atoms. The van der Waals surface area contributed by atoms with Crippen LogP contribution in [0.2, 0.25) is 0 Å². The van der Waals surface area contributed by atoms with Gasteiger partial charge in [0.15, 0.2) is 11.6 Å². The van der Waals surface area contributed by atoms with Crippen molar-refractivity contribution in [1.29, 1.82) is 0 Å². The standard InChI is InChI=1S/C22H33FN4O2S.C2H7N.C2H6/c1-16(2)22-24-15-21(25-22)27-11-9-26(10-12-27)17(3)8-13-29-20-7-6-18(14-19(20)23)30(4,5)28;1-2-3;1-2/h6-7,14,16-17H,4,8-13,15H2,1-3,5H3;2-3H2,1H3;1-2H3. The molecule has 0 saturated carbocycles. The van der Waals surface area contributed by atoms with Crippen molar-refractivity contribution in [1.82, 2.24) is 9.80 Å². The number of aliphatic imine (C=N–C) groups is 2. The van der Waals surface area contributed by atoms with E-state index in [1.807, 2.05) is 20.8 Å². The molecule has 2 unspecified atom stereocenters. The predicted octanol–water partition coefficient (Wildman–Crippen LogP) is 3.76. The van der Waals surface area contributed by atoms with Gasteiger partial charge in [-0.2, -0.15) is 0 Å². The van der Waals surface area contributed by atoms with Gasteiger partial charge in [-0.25, -0.2) is 9.38 Å². The number of nitrogens with zero attached hydrogens (tertiary/aromatic N) is 4. The minimum Gasteiger partial charge on any atom is -0.490 e. The minimum absolute atomic E-state index is 0.194. The van der Waals surface area contributed by atoms with Crippen molar-refractivity contribution >= 4 is 27.1 Å². The Balaban J connectivity index is 0.00000114. The lowest BCUT2D eigenvalue weighted by Gasteiger charge is -2.38. The molecule has 3 rings (SSSR count). The van der Waals surface area contributed by atoms with Crippen molar-refractivity contribution in [3.05, 3.63) is 24.0 Å². The highest BCUT2D eigenvalue weighted by atomic mass is 32.2. The van der Waals surface area contributed by atoms with E-state index in [0.717, 1.165) is 50.8 Å². The summed E-state index contributed by atoms with van der Waals surface area (Å²) in [5.41, 5.74) is 4.85. The van der Waals surface area contributed by atoms with Crippen LogP contribution in [0.25, 0.3) is 0 Å². The van der Waals surface area contributed by atoms with E-state index < -0.39 is 15.3 Å². The number of rotatable bonds is 7. The fourth-order valence-corrected chi connectivity index (χ4v) is 4.36. The van der Waals surface area contributed by atoms with E-state index in [0.29, 0.717) is 30.0 Å². The van der Waals surface area contributed by atoms with Crippen molar-refractivity contribution in [2.75, 3.05) is 52.1 Å². The van der Waals surface area contributed by atoms with E-state index in [9.17, 15) is 8.60 Å². The van der Waals surface area contributed by atoms with Crippen LogP contribution in [0.1, 0.15) is 48.0 Å². The average Bonchev–Trinajstić information content (AvgIpc) is 3.32. The SMILES string of the molecule is C=S(C)(=O)c1ccc(OCCC(C)N2CCN(C3=NC(C(C)C)=NC3)CC2)c(F)c1.CC.CCN. The second-order valence-electron chi connectivity index (χ2n) is 8.87. The van der Waals surface area contributed by atoms with E-state index in [4.69, 9.17) is 15.5 Å². The molecule has 2 N–H and O–H groups in total. The van der Waals surface area contributed by atoms with E-state index >= 15 is 0 Å². The lowest BCUT2D eigenvalue weighted by molar-refractivity contribution is 0.122. The first-order chi connectivity index (χ1) is 16.6. The third-order valence-corrected chi connectivity index (χ3v) is 6.89. The lowest BCUT2D eigenvalue weighted by Crippen LogP contribution is -2.51. The molecule has 1 saturated heterocycles. The molecule has 7 nitrogen and oxygen atoms in total. The zero-order valence-electron chi connectivity index (χ0n) is 22.7.